The molecule has 0 radical (unpaired) electrons. The van der Waals surface area contributed by atoms with E-state index in [9.17, 15) is 0 Å². The summed E-state index contributed by atoms with van der Waals surface area (Å²) in [6.07, 6.45) is 4.59. The van der Waals surface area contributed by atoms with Crippen LogP contribution in [0.2, 0.25) is 0 Å². The Labute approximate surface area is 129 Å². The second kappa shape index (κ2) is 5.32. The Kier molecular flexibility index (Phi) is 3.32. The number of hydrogen-bond donors (Lipinski definition) is 1. The molecule has 0 spiro atoms. The van der Waals surface area contributed by atoms with Gasteiger partial charge in [0.2, 0.25) is 0 Å². The summed E-state index contributed by atoms with van der Waals surface area (Å²) in [4.78, 5) is 1.59. The smallest absolute Gasteiger partial charge is 0.0628 e. The fourth-order valence-corrected chi connectivity index (χ4v) is 4.58. The zero-order chi connectivity index (χ0) is 14.2. The van der Waals surface area contributed by atoms with Crippen molar-refractivity contribution in [2.24, 2.45) is 0 Å². The van der Waals surface area contributed by atoms with Crippen LogP contribution in [0.1, 0.15) is 21.6 Å². The molecular formula is C18H20N2S. The van der Waals surface area contributed by atoms with E-state index in [4.69, 9.17) is 0 Å². The Bertz CT molecular complexity index is 782. The zero-order valence-electron chi connectivity index (χ0n) is 12.4. The molecule has 3 heterocycles. The number of aromatic nitrogens is 1. The van der Waals surface area contributed by atoms with E-state index in [1.54, 1.807) is 10.4 Å². The highest BCUT2D eigenvalue weighted by atomic mass is 32.1. The highest BCUT2D eigenvalue weighted by Gasteiger charge is 2.17. The van der Waals surface area contributed by atoms with Crippen molar-refractivity contribution in [3.8, 4) is 0 Å². The summed E-state index contributed by atoms with van der Waals surface area (Å²) in [6, 6.07) is 11.1. The predicted molar refractivity (Wildman–Crippen MR) is 90.4 cm³/mol. The third kappa shape index (κ3) is 2.41. The minimum atomic E-state index is 0.974. The summed E-state index contributed by atoms with van der Waals surface area (Å²) in [5, 5.41) is 3.51. The Balaban J connectivity index is 1.77. The van der Waals surface area contributed by atoms with Gasteiger partial charge >= 0.3 is 0 Å². The summed E-state index contributed by atoms with van der Waals surface area (Å²) in [5.74, 6) is 0. The summed E-state index contributed by atoms with van der Waals surface area (Å²) < 4.78 is 3.89. The number of nitrogens with one attached hydrogen (secondary N) is 1. The maximum atomic E-state index is 3.51. The zero-order valence-corrected chi connectivity index (χ0v) is 13.2. The number of benzene rings is 1. The van der Waals surface area contributed by atoms with Gasteiger partial charge in [-0.05, 0) is 50.0 Å². The largest absolute Gasteiger partial charge is 0.342 e. The molecule has 0 saturated carbocycles. The lowest BCUT2D eigenvalue weighted by Gasteiger charge is -2.08. The van der Waals surface area contributed by atoms with Gasteiger partial charge in [-0.3, -0.25) is 0 Å². The molecule has 1 aliphatic rings. The Morgan fingerprint density at radius 2 is 2.10 bits per heavy atom. The van der Waals surface area contributed by atoms with Crippen LogP contribution in [0.5, 0.6) is 0 Å². The van der Waals surface area contributed by atoms with E-state index in [1.807, 2.05) is 11.3 Å². The van der Waals surface area contributed by atoms with Crippen molar-refractivity contribution in [2.75, 3.05) is 13.1 Å². The Hall–Kier alpha value is -1.58. The highest BCUT2D eigenvalue weighted by molar-refractivity contribution is 7.19. The number of nitrogens with zero attached hydrogens (tertiary/aromatic N) is 1. The fraction of sp³-hybridized carbons (Fsp3) is 0.333. The van der Waals surface area contributed by atoms with E-state index in [-0.39, 0.29) is 0 Å². The van der Waals surface area contributed by atoms with Crippen molar-refractivity contribution in [1.82, 2.24) is 9.88 Å². The van der Waals surface area contributed by atoms with Crippen molar-refractivity contribution in [2.45, 2.75) is 26.3 Å². The van der Waals surface area contributed by atoms with Crippen molar-refractivity contribution in [1.29, 1.82) is 0 Å². The fourth-order valence-electron chi connectivity index (χ4n) is 3.32. The van der Waals surface area contributed by atoms with Crippen molar-refractivity contribution < 1.29 is 0 Å². The topological polar surface area (TPSA) is 17.0 Å². The third-order valence-corrected chi connectivity index (χ3v) is 5.54. The van der Waals surface area contributed by atoms with Gasteiger partial charge in [0, 0.05) is 17.6 Å². The molecule has 21 heavy (non-hydrogen) atoms. The highest BCUT2D eigenvalue weighted by Crippen LogP contribution is 2.34. The Morgan fingerprint density at radius 1 is 1.19 bits per heavy atom. The van der Waals surface area contributed by atoms with Crippen LogP contribution >= 0.6 is 11.3 Å². The van der Waals surface area contributed by atoms with Crippen LogP contribution in [-0.4, -0.2) is 17.7 Å². The molecule has 0 aliphatic carbocycles. The first kappa shape index (κ1) is 13.1. The maximum absolute atomic E-state index is 3.51. The molecule has 0 bridgehead atoms. The molecular weight excluding hydrogens is 276 g/mol. The molecule has 1 aromatic carbocycles. The summed E-state index contributed by atoms with van der Waals surface area (Å²) >= 11 is 1.99. The van der Waals surface area contributed by atoms with Gasteiger partial charge in [0.05, 0.1) is 10.2 Å². The molecule has 0 atom stereocenters. The van der Waals surface area contributed by atoms with Crippen LogP contribution in [0.4, 0.5) is 0 Å². The molecule has 1 aliphatic heterocycles. The van der Waals surface area contributed by atoms with E-state index in [2.05, 4.69) is 53.3 Å². The summed E-state index contributed by atoms with van der Waals surface area (Å²) in [5.41, 5.74) is 5.78. The van der Waals surface area contributed by atoms with Gasteiger partial charge in [-0.25, -0.2) is 0 Å². The van der Waals surface area contributed by atoms with Gasteiger partial charge in [0.25, 0.3) is 0 Å². The minimum absolute atomic E-state index is 0.974. The van der Waals surface area contributed by atoms with Crippen molar-refractivity contribution in [3.63, 3.8) is 0 Å². The van der Waals surface area contributed by atoms with Crippen LogP contribution in [0, 0.1) is 6.92 Å². The van der Waals surface area contributed by atoms with Gasteiger partial charge < -0.3 is 9.88 Å². The van der Waals surface area contributed by atoms with Crippen molar-refractivity contribution in [3.05, 3.63) is 58.1 Å². The molecule has 4 rings (SSSR count). The lowest BCUT2D eigenvalue weighted by molar-refractivity contribution is 0.711. The molecule has 108 valence electrons. The van der Waals surface area contributed by atoms with E-state index >= 15 is 0 Å². The van der Waals surface area contributed by atoms with Gasteiger partial charge in [-0.1, -0.05) is 29.8 Å². The van der Waals surface area contributed by atoms with E-state index in [0.717, 1.165) is 26.1 Å². The number of thiophene rings is 1. The summed E-state index contributed by atoms with van der Waals surface area (Å²) in [6.45, 7) is 5.36. The van der Waals surface area contributed by atoms with Gasteiger partial charge in [-0.2, -0.15) is 0 Å². The minimum Gasteiger partial charge on any atom is -0.342 e. The second-order valence-electron chi connectivity index (χ2n) is 5.90. The first-order valence-corrected chi connectivity index (χ1v) is 8.48. The molecule has 0 saturated heterocycles. The van der Waals surface area contributed by atoms with Crippen LogP contribution in [0.3, 0.4) is 0 Å². The molecule has 0 fully saturated rings. The van der Waals surface area contributed by atoms with Gasteiger partial charge in [0.1, 0.15) is 0 Å². The number of aryl methyl sites for hydroxylation is 1. The average molecular weight is 296 g/mol. The average Bonchev–Trinajstić information content (AvgIpc) is 2.92. The predicted octanol–water partition coefficient (Wildman–Crippen LogP) is 3.75. The molecule has 2 nitrogen and oxygen atoms in total. The second-order valence-corrected chi connectivity index (χ2v) is 7.04. The number of rotatable bonds is 2. The SMILES string of the molecule is Cc1cccc(Cn2ccc3sc4c(c32)CCNCC4)c1. The van der Waals surface area contributed by atoms with E-state index in [1.165, 1.54) is 27.8 Å². The molecule has 0 amide bonds. The first-order valence-electron chi connectivity index (χ1n) is 7.67. The quantitative estimate of drug-likeness (QED) is 0.762. The van der Waals surface area contributed by atoms with Crippen molar-refractivity contribution >= 4 is 21.6 Å². The number of fused-ring (bicyclic) bond motifs is 3. The molecule has 1 N–H and O–H groups in total. The monoisotopic (exact) mass is 296 g/mol. The van der Waals surface area contributed by atoms with Crippen LogP contribution < -0.4 is 5.32 Å². The van der Waals surface area contributed by atoms with Gasteiger partial charge in [0.15, 0.2) is 0 Å². The molecule has 2 aromatic heterocycles. The van der Waals surface area contributed by atoms with E-state index < -0.39 is 0 Å². The number of hydrogen-bond acceptors (Lipinski definition) is 2. The van der Waals surface area contributed by atoms with Crippen LogP contribution in [0.15, 0.2) is 36.5 Å². The van der Waals surface area contributed by atoms with E-state index in [0.29, 0.717) is 0 Å². The normalized spacial score (nSPS) is 15.1. The van der Waals surface area contributed by atoms with Crippen LogP contribution in [0.25, 0.3) is 10.2 Å². The standard InChI is InChI=1S/C18H20N2S/c1-13-3-2-4-14(11-13)12-20-10-7-17-18(20)15-5-8-19-9-6-16(15)21-17/h2-4,7,10-11,19H,5-6,8-9,12H2,1H3. The van der Waals surface area contributed by atoms with Gasteiger partial charge in [-0.15, -0.1) is 11.3 Å². The lowest BCUT2D eigenvalue weighted by atomic mass is 10.1. The summed E-state index contributed by atoms with van der Waals surface area (Å²) in [7, 11) is 0. The third-order valence-electron chi connectivity index (χ3n) is 4.30. The van der Waals surface area contributed by atoms with Crippen LogP contribution in [-0.2, 0) is 19.4 Å². The maximum Gasteiger partial charge on any atom is 0.0628 e. The lowest BCUT2D eigenvalue weighted by Crippen LogP contribution is -2.16. The molecule has 3 heteroatoms. The Morgan fingerprint density at radius 3 is 3.00 bits per heavy atom. The first-order chi connectivity index (χ1) is 10.3. The molecule has 3 aromatic rings. The molecule has 0 unspecified atom stereocenters.